The summed E-state index contributed by atoms with van der Waals surface area (Å²) in [4.78, 5) is 7.82. The summed E-state index contributed by atoms with van der Waals surface area (Å²) in [6.07, 6.45) is 6.31. The lowest BCUT2D eigenvalue weighted by molar-refractivity contribution is 0.340. The molecule has 0 aliphatic carbocycles. The molecule has 0 fully saturated rings. The fourth-order valence-corrected chi connectivity index (χ4v) is 2.23. The maximum absolute atomic E-state index is 11.4. The van der Waals surface area contributed by atoms with Crippen molar-refractivity contribution in [2.75, 3.05) is 0 Å². The third kappa shape index (κ3) is 4.09. The molecular formula is C12H13N3O3S. The van der Waals surface area contributed by atoms with E-state index in [0.717, 1.165) is 4.31 Å². The van der Waals surface area contributed by atoms with Gasteiger partial charge in [-0.3, -0.25) is 14.5 Å². The van der Waals surface area contributed by atoms with E-state index < -0.39 is 10.3 Å². The first-order chi connectivity index (χ1) is 9.05. The SMILES string of the molecule is O=S(=O)(O)N(Cc1cccnc1)Cc1cccnc1. The maximum Gasteiger partial charge on any atom is 0.336 e. The Bertz CT molecular complexity index is 576. The zero-order valence-electron chi connectivity index (χ0n) is 10.0. The summed E-state index contributed by atoms with van der Waals surface area (Å²) in [5, 5.41) is 0. The molecule has 0 spiro atoms. The zero-order valence-corrected chi connectivity index (χ0v) is 10.9. The molecule has 100 valence electrons. The average Bonchev–Trinajstić information content (AvgIpc) is 2.39. The Kier molecular flexibility index (Phi) is 4.20. The molecule has 2 aromatic rings. The van der Waals surface area contributed by atoms with Gasteiger partial charge in [-0.05, 0) is 23.3 Å². The van der Waals surface area contributed by atoms with E-state index in [1.807, 2.05) is 0 Å². The summed E-state index contributed by atoms with van der Waals surface area (Å²) in [6.45, 7) is 0.114. The van der Waals surface area contributed by atoms with E-state index in [9.17, 15) is 13.0 Å². The van der Waals surface area contributed by atoms with Crippen LogP contribution in [0.15, 0.2) is 49.1 Å². The van der Waals surface area contributed by atoms with Gasteiger partial charge in [0.25, 0.3) is 0 Å². The molecule has 0 aliphatic heterocycles. The molecule has 0 atom stereocenters. The largest absolute Gasteiger partial charge is 0.336 e. The van der Waals surface area contributed by atoms with Gasteiger partial charge >= 0.3 is 10.3 Å². The quantitative estimate of drug-likeness (QED) is 0.834. The zero-order chi connectivity index (χ0) is 13.7. The number of pyridine rings is 2. The van der Waals surface area contributed by atoms with E-state index >= 15 is 0 Å². The summed E-state index contributed by atoms with van der Waals surface area (Å²) < 4.78 is 33.0. The third-order valence-electron chi connectivity index (χ3n) is 2.49. The van der Waals surface area contributed by atoms with Crippen molar-refractivity contribution in [2.24, 2.45) is 0 Å². The van der Waals surface area contributed by atoms with Gasteiger partial charge in [0.2, 0.25) is 0 Å². The Morgan fingerprint density at radius 1 is 1.00 bits per heavy atom. The second kappa shape index (κ2) is 5.87. The number of nitrogens with zero attached hydrogens (tertiary/aromatic N) is 3. The molecule has 0 bridgehead atoms. The van der Waals surface area contributed by atoms with Gasteiger partial charge < -0.3 is 0 Å². The van der Waals surface area contributed by atoms with Crippen molar-refractivity contribution in [2.45, 2.75) is 13.1 Å². The Morgan fingerprint density at radius 3 is 1.79 bits per heavy atom. The Morgan fingerprint density at radius 2 is 1.47 bits per heavy atom. The van der Waals surface area contributed by atoms with E-state index in [2.05, 4.69) is 9.97 Å². The van der Waals surface area contributed by atoms with Crippen molar-refractivity contribution in [3.05, 3.63) is 60.2 Å². The van der Waals surface area contributed by atoms with Crippen molar-refractivity contribution in [1.82, 2.24) is 14.3 Å². The van der Waals surface area contributed by atoms with E-state index in [1.54, 1.807) is 49.1 Å². The van der Waals surface area contributed by atoms with Crippen LogP contribution in [0.1, 0.15) is 11.1 Å². The second-order valence-electron chi connectivity index (χ2n) is 3.97. The molecule has 2 heterocycles. The highest BCUT2D eigenvalue weighted by Gasteiger charge is 2.19. The summed E-state index contributed by atoms with van der Waals surface area (Å²) in [6, 6.07) is 6.91. The Labute approximate surface area is 111 Å². The van der Waals surface area contributed by atoms with Crippen LogP contribution in [0.4, 0.5) is 0 Å². The van der Waals surface area contributed by atoms with Gasteiger partial charge in [-0.25, -0.2) is 0 Å². The fraction of sp³-hybridized carbons (Fsp3) is 0.167. The summed E-state index contributed by atoms with van der Waals surface area (Å²) >= 11 is 0. The number of rotatable bonds is 5. The molecule has 0 aliphatic rings. The molecule has 0 saturated heterocycles. The van der Waals surface area contributed by atoms with Crippen molar-refractivity contribution < 1.29 is 13.0 Å². The van der Waals surface area contributed by atoms with Gasteiger partial charge in [0.1, 0.15) is 0 Å². The number of hydrogen-bond acceptors (Lipinski definition) is 4. The van der Waals surface area contributed by atoms with Crippen molar-refractivity contribution >= 4 is 10.3 Å². The molecule has 6 nitrogen and oxygen atoms in total. The van der Waals surface area contributed by atoms with Crippen molar-refractivity contribution in [3.8, 4) is 0 Å². The molecule has 0 amide bonds. The standard InChI is InChI=1S/C12H13N3O3S/c16-19(17,18)15(9-11-3-1-5-13-7-11)10-12-4-2-6-14-8-12/h1-8H,9-10H2,(H,16,17,18). The predicted molar refractivity (Wildman–Crippen MR) is 69.3 cm³/mol. The molecule has 2 rings (SSSR count). The van der Waals surface area contributed by atoms with E-state index in [1.165, 1.54) is 0 Å². The highest BCUT2D eigenvalue weighted by atomic mass is 32.2. The van der Waals surface area contributed by atoms with Crippen LogP contribution >= 0.6 is 0 Å². The lowest BCUT2D eigenvalue weighted by atomic mass is 10.2. The van der Waals surface area contributed by atoms with Crippen LogP contribution < -0.4 is 0 Å². The highest BCUT2D eigenvalue weighted by molar-refractivity contribution is 7.83. The second-order valence-corrected chi connectivity index (χ2v) is 5.38. The van der Waals surface area contributed by atoms with E-state index in [-0.39, 0.29) is 13.1 Å². The molecule has 0 unspecified atom stereocenters. The molecule has 0 saturated carbocycles. The van der Waals surface area contributed by atoms with Gasteiger partial charge in [0.05, 0.1) is 0 Å². The minimum Gasteiger partial charge on any atom is -0.273 e. The highest BCUT2D eigenvalue weighted by Crippen LogP contribution is 2.11. The molecule has 0 aromatic carbocycles. The Balaban J connectivity index is 2.18. The van der Waals surface area contributed by atoms with Gasteiger partial charge in [0, 0.05) is 37.9 Å². The fourth-order valence-electron chi connectivity index (χ4n) is 1.61. The first kappa shape index (κ1) is 13.6. The average molecular weight is 279 g/mol. The molecule has 0 radical (unpaired) electrons. The predicted octanol–water partition coefficient (Wildman–Crippen LogP) is 1.28. The van der Waals surface area contributed by atoms with Gasteiger partial charge in [-0.2, -0.15) is 12.7 Å². The maximum atomic E-state index is 11.4. The summed E-state index contributed by atoms with van der Waals surface area (Å²) in [5.41, 5.74) is 1.40. The van der Waals surface area contributed by atoms with Gasteiger partial charge in [-0.1, -0.05) is 12.1 Å². The molecule has 7 heteroatoms. The van der Waals surface area contributed by atoms with Crippen LogP contribution in [0.25, 0.3) is 0 Å². The van der Waals surface area contributed by atoms with Crippen molar-refractivity contribution in [3.63, 3.8) is 0 Å². The van der Waals surface area contributed by atoms with Crippen LogP contribution in [0, 0.1) is 0 Å². The topological polar surface area (TPSA) is 83.4 Å². The minimum atomic E-state index is -4.28. The van der Waals surface area contributed by atoms with Gasteiger partial charge in [-0.15, -0.1) is 0 Å². The van der Waals surface area contributed by atoms with E-state index in [4.69, 9.17) is 0 Å². The third-order valence-corrected chi connectivity index (χ3v) is 3.40. The summed E-state index contributed by atoms with van der Waals surface area (Å²) in [7, 11) is -4.28. The normalized spacial score (nSPS) is 11.7. The number of aromatic nitrogens is 2. The Hall–Kier alpha value is -1.83. The minimum absolute atomic E-state index is 0.0571. The summed E-state index contributed by atoms with van der Waals surface area (Å²) in [5.74, 6) is 0. The van der Waals surface area contributed by atoms with Crippen LogP contribution in [-0.4, -0.2) is 27.2 Å². The lowest BCUT2D eigenvalue weighted by Gasteiger charge is -2.18. The van der Waals surface area contributed by atoms with Crippen LogP contribution in [0.2, 0.25) is 0 Å². The van der Waals surface area contributed by atoms with Crippen LogP contribution in [-0.2, 0) is 23.4 Å². The molecule has 19 heavy (non-hydrogen) atoms. The van der Waals surface area contributed by atoms with Crippen molar-refractivity contribution in [1.29, 1.82) is 0 Å². The van der Waals surface area contributed by atoms with Gasteiger partial charge in [0.15, 0.2) is 0 Å². The number of hydrogen-bond donors (Lipinski definition) is 1. The van der Waals surface area contributed by atoms with Crippen LogP contribution in [0.5, 0.6) is 0 Å². The monoisotopic (exact) mass is 279 g/mol. The molecule has 1 N–H and O–H groups in total. The first-order valence-electron chi connectivity index (χ1n) is 5.56. The molecule has 2 aromatic heterocycles. The van der Waals surface area contributed by atoms with Crippen LogP contribution in [0.3, 0.4) is 0 Å². The first-order valence-corrected chi connectivity index (χ1v) is 6.96. The lowest BCUT2D eigenvalue weighted by Crippen LogP contribution is -2.29. The smallest absolute Gasteiger partial charge is 0.273 e. The molecular weight excluding hydrogens is 266 g/mol. The van der Waals surface area contributed by atoms with E-state index in [0.29, 0.717) is 11.1 Å².